The van der Waals surface area contributed by atoms with E-state index in [-0.39, 0.29) is 0 Å². The van der Waals surface area contributed by atoms with Crippen molar-refractivity contribution in [2.75, 3.05) is 12.0 Å². The molecule has 2 rings (SSSR count). The summed E-state index contributed by atoms with van der Waals surface area (Å²) in [4.78, 5) is 0. The minimum absolute atomic E-state index is 0.911. The lowest BCUT2D eigenvalue weighted by Gasteiger charge is -2.07. The highest BCUT2D eigenvalue weighted by molar-refractivity contribution is 5.02. The fourth-order valence-electron chi connectivity index (χ4n) is 1.40. The monoisotopic (exact) mass is 190 g/mol. The van der Waals surface area contributed by atoms with Gasteiger partial charge in [0.25, 0.3) is 0 Å². The van der Waals surface area contributed by atoms with Gasteiger partial charge in [-0.3, -0.25) is 9.36 Å². The summed E-state index contributed by atoms with van der Waals surface area (Å²) in [6.45, 7) is 0.911. The highest BCUT2D eigenvalue weighted by Crippen LogP contribution is 1.96. The number of hydrogen-bond acceptors (Lipinski definition) is 2. The van der Waals surface area contributed by atoms with Crippen LogP contribution in [0, 0.1) is 0 Å². The van der Waals surface area contributed by atoms with E-state index in [1.165, 1.54) is 5.69 Å². The van der Waals surface area contributed by atoms with Crippen molar-refractivity contribution < 1.29 is 0 Å². The average Bonchev–Trinajstić information content (AvgIpc) is 2.78. The molecule has 0 aliphatic carbocycles. The molecule has 0 unspecified atom stereocenters. The number of aryl methyl sites for hydroxylation is 1. The Bertz CT molecular complexity index is 374. The molecule has 1 N–H and O–H groups in total. The van der Waals surface area contributed by atoms with Crippen molar-refractivity contribution in [1.29, 1.82) is 0 Å². The molecule has 0 aliphatic rings. The summed E-state index contributed by atoms with van der Waals surface area (Å²) in [5.74, 6) is 0. The average molecular weight is 190 g/mol. The lowest BCUT2D eigenvalue weighted by atomic mass is 10.3. The van der Waals surface area contributed by atoms with Crippen LogP contribution in [-0.4, -0.2) is 21.0 Å². The van der Waals surface area contributed by atoms with Crippen LogP contribution in [0.5, 0.6) is 0 Å². The molecular weight excluding hydrogens is 176 g/mol. The Labute approximate surface area is 83.1 Å². The van der Waals surface area contributed by atoms with E-state index in [4.69, 9.17) is 0 Å². The van der Waals surface area contributed by atoms with Gasteiger partial charge < -0.3 is 5.43 Å². The zero-order valence-corrected chi connectivity index (χ0v) is 8.22. The maximum atomic E-state index is 4.11. The molecule has 0 radical (unpaired) electrons. The molecule has 0 saturated heterocycles. The topological polar surface area (TPSA) is 34.8 Å². The van der Waals surface area contributed by atoms with E-state index < -0.39 is 0 Å². The number of hydrogen-bond donors (Lipinski definition) is 1. The maximum Gasteiger partial charge on any atom is 0.0492 e. The summed E-state index contributed by atoms with van der Waals surface area (Å²) in [6, 6.07) is 6.03. The summed E-state index contributed by atoms with van der Waals surface area (Å²) in [7, 11) is 1.96. The normalized spacial score (nSPS) is 10.4. The third-order valence-corrected chi connectivity index (χ3v) is 2.20. The highest BCUT2D eigenvalue weighted by Gasteiger charge is 1.96. The number of nitrogens with zero attached hydrogens (tertiary/aromatic N) is 3. The highest BCUT2D eigenvalue weighted by atomic mass is 15.4. The number of aromatic nitrogens is 3. The van der Waals surface area contributed by atoms with E-state index in [2.05, 4.69) is 10.5 Å². The zero-order chi connectivity index (χ0) is 9.80. The van der Waals surface area contributed by atoms with Gasteiger partial charge in [-0.1, -0.05) is 0 Å². The lowest BCUT2D eigenvalue weighted by molar-refractivity contribution is 0.698. The second-order valence-electron chi connectivity index (χ2n) is 3.19. The van der Waals surface area contributed by atoms with Crippen LogP contribution in [0.3, 0.4) is 0 Å². The van der Waals surface area contributed by atoms with Crippen molar-refractivity contribution in [3.63, 3.8) is 0 Å². The van der Waals surface area contributed by atoms with E-state index in [0.29, 0.717) is 0 Å². The summed E-state index contributed by atoms with van der Waals surface area (Å²) >= 11 is 0. The number of nitrogens with one attached hydrogen (secondary N) is 1. The Morgan fingerprint density at radius 3 is 2.79 bits per heavy atom. The molecule has 0 spiro atoms. The van der Waals surface area contributed by atoms with Crippen LogP contribution in [0.15, 0.2) is 36.8 Å². The fourth-order valence-corrected chi connectivity index (χ4v) is 1.40. The van der Waals surface area contributed by atoms with Crippen LogP contribution in [0.2, 0.25) is 0 Å². The summed E-state index contributed by atoms with van der Waals surface area (Å²) in [5, 5.41) is 4.11. The Balaban J connectivity index is 1.81. The molecule has 2 heterocycles. The minimum Gasteiger partial charge on any atom is -0.326 e. The molecule has 0 aromatic carbocycles. The quantitative estimate of drug-likeness (QED) is 0.780. The first kappa shape index (κ1) is 8.87. The van der Waals surface area contributed by atoms with Crippen LogP contribution < -0.4 is 5.43 Å². The van der Waals surface area contributed by atoms with Gasteiger partial charge in [0.2, 0.25) is 0 Å². The molecular formula is C10H14N4. The second-order valence-corrected chi connectivity index (χ2v) is 3.19. The first-order valence-corrected chi connectivity index (χ1v) is 4.70. The maximum absolute atomic E-state index is 4.11. The molecule has 2 aromatic rings. The molecule has 0 aliphatic heterocycles. The molecule has 0 amide bonds. The Morgan fingerprint density at radius 2 is 2.14 bits per heavy atom. The second kappa shape index (κ2) is 4.00. The molecule has 4 heteroatoms. The molecule has 14 heavy (non-hydrogen) atoms. The van der Waals surface area contributed by atoms with Gasteiger partial charge in [0.1, 0.15) is 0 Å². The molecule has 0 saturated carbocycles. The largest absolute Gasteiger partial charge is 0.326 e. The predicted octanol–water partition coefficient (Wildman–Crippen LogP) is 1.01. The fraction of sp³-hybridized carbons (Fsp3) is 0.300. The van der Waals surface area contributed by atoms with Gasteiger partial charge in [0.05, 0.1) is 0 Å². The Morgan fingerprint density at radius 1 is 1.36 bits per heavy atom. The molecule has 0 fully saturated rings. The number of rotatable bonds is 4. The third-order valence-electron chi connectivity index (χ3n) is 2.20. The standard InChI is InChI=1S/C10H14N4/c1-13-10(4-6-11-13)5-7-12-14-8-2-3-9-14/h2-4,6,8-9,12H,5,7H2,1H3. The van der Waals surface area contributed by atoms with Crippen molar-refractivity contribution in [3.05, 3.63) is 42.5 Å². The van der Waals surface area contributed by atoms with Gasteiger partial charge in [-0.05, 0) is 18.2 Å². The van der Waals surface area contributed by atoms with Gasteiger partial charge in [0.15, 0.2) is 0 Å². The van der Waals surface area contributed by atoms with E-state index in [0.717, 1.165) is 13.0 Å². The minimum atomic E-state index is 0.911. The van der Waals surface area contributed by atoms with Gasteiger partial charge in [-0.25, -0.2) is 0 Å². The van der Waals surface area contributed by atoms with Crippen molar-refractivity contribution >= 4 is 0 Å². The van der Waals surface area contributed by atoms with E-state index in [1.54, 1.807) is 0 Å². The van der Waals surface area contributed by atoms with E-state index in [1.807, 2.05) is 53.2 Å². The summed E-state index contributed by atoms with van der Waals surface area (Å²) in [6.07, 6.45) is 6.78. The van der Waals surface area contributed by atoms with Gasteiger partial charge >= 0.3 is 0 Å². The Kier molecular flexibility index (Phi) is 2.53. The van der Waals surface area contributed by atoms with Crippen molar-refractivity contribution in [3.8, 4) is 0 Å². The van der Waals surface area contributed by atoms with E-state index in [9.17, 15) is 0 Å². The summed E-state index contributed by atoms with van der Waals surface area (Å²) in [5.41, 5.74) is 4.51. The van der Waals surface area contributed by atoms with Crippen molar-refractivity contribution in [1.82, 2.24) is 14.5 Å². The van der Waals surface area contributed by atoms with Gasteiger partial charge in [0, 0.05) is 44.3 Å². The van der Waals surface area contributed by atoms with Crippen molar-refractivity contribution in [2.24, 2.45) is 7.05 Å². The lowest BCUT2D eigenvalue weighted by Crippen LogP contribution is -2.16. The smallest absolute Gasteiger partial charge is 0.0492 e. The van der Waals surface area contributed by atoms with Crippen LogP contribution in [0.25, 0.3) is 0 Å². The molecule has 2 aromatic heterocycles. The van der Waals surface area contributed by atoms with Crippen LogP contribution in [-0.2, 0) is 13.5 Å². The zero-order valence-electron chi connectivity index (χ0n) is 8.22. The SMILES string of the molecule is Cn1nccc1CCNn1cccc1. The van der Waals surface area contributed by atoms with Crippen molar-refractivity contribution in [2.45, 2.75) is 6.42 Å². The van der Waals surface area contributed by atoms with Gasteiger partial charge in [-0.2, -0.15) is 5.10 Å². The first-order chi connectivity index (χ1) is 6.86. The van der Waals surface area contributed by atoms with E-state index >= 15 is 0 Å². The summed E-state index contributed by atoms with van der Waals surface area (Å²) < 4.78 is 3.85. The molecule has 4 nitrogen and oxygen atoms in total. The molecule has 74 valence electrons. The molecule has 0 atom stereocenters. The first-order valence-electron chi connectivity index (χ1n) is 4.70. The van der Waals surface area contributed by atoms with Crippen LogP contribution >= 0.6 is 0 Å². The van der Waals surface area contributed by atoms with Gasteiger partial charge in [-0.15, -0.1) is 0 Å². The molecule has 0 bridgehead atoms. The van der Waals surface area contributed by atoms with Crippen LogP contribution in [0.1, 0.15) is 5.69 Å². The van der Waals surface area contributed by atoms with Crippen LogP contribution in [0.4, 0.5) is 0 Å². The predicted molar refractivity (Wildman–Crippen MR) is 55.6 cm³/mol. The third kappa shape index (κ3) is 1.96. The Hall–Kier alpha value is -1.71.